The van der Waals surface area contributed by atoms with Crippen LogP contribution in [0.4, 0.5) is 5.13 Å². The Kier molecular flexibility index (Phi) is 6.26. The minimum Gasteiger partial charge on any atom is -0.381 e. The maximum Gasteiger partial charge on any atom is 0.185 e. The molecule has 1 saturated heterocycles. The zero-order valence-corrected chi connectivity index (χ0v) is 13.8. The number of anilines is 1. The lowest BCUT2D eigenvalue weighted by Crippen LogP contribution is -2.30. The van der Waals surface area contributed by atoms with Crippen LogP contribution in [0.1, 0.15) is 36.8 Å². The minimum absolute atomic E-state index is 0.652. The molecular formula is C15H27N3OS. The molecule has 0 aliphatic carbocycles. The quantitative estimate of drug-likeness (QED) is 0.785. The van der Waals surface area contributed by atoms with Crippen molar-refractivity contribution in [3.63, 3.8) is 0 Å². The molecule has 1 aromatic heterocycles. The second kappa shape index (κ2) is 7.96. The number of hydrogen-bond acceptors (Lipinski definition) is 5. The van der Waals surface area contributed by atoms with E-state index in [-0.39, 0.29) is 0 Å². The van der Waals surface area contributed by atoms with E-state index in [1.165, 1.54) is 29.8 Å². The molecule has 0 amide bonds. The average molecular weight is 297 g/mol. The first-order valence-corrected chi connectivity index (χ1v) is 8.48. The van der Waals surface area contributed by atoms with E-state index >= 15 is 0 Å². The van der Waals surface area contributed by atoms with Gasteiger partial charge in [-0.3, -0.25) is 0 Å². The highest BCUT2D eigenvalue weighted by Crippen LogP contribution is 2.26. The Morgan fingerprint density at radius 2 is 2.35 bits per heavy atom. The lowest BCUT2D eigenvalue weighted by Gasteiger charge is -2.26. The molecule has 1 aromatic rings. The summed E-state index contributed by atoms with van der Waals surface area (Å²) in [6, 6.07) is 0. The highest BCUT2D eigenvalue weighted by Gasteiger charge is 2.18. The molecule has 4 nitrogen and oxygen atoms in total. The van der Waals surface area contributed by atoms with Crippen molar-refractivity contribution in [1.82, 2.24) is 10.3 Å². The zero-order chi connectivity index (χ0) is 14.4. The van der Waals surface area contributed by atoms with E-state index in [4.69, 9.17) is 9.72 Å². The molecule has 1 aliphatic rings. The van der Waals surface area contributed by atoms with Crippen molar-refractivity contribution in [3.8, 4) is 0 Å². The van der Waals surface area contributed by atoms with Crippen LogP contribution in [0.3, 0.4) is 0 Å². The molecule has 1 aliphatic heterocycles. The summed E-state index contributed by atoms with van der Waals surface area (Å²) in [4.78, 5) is 8.37. The number of aromatic nitrogens is 1. The summed E-state index contributed by atoms with van der Waals surface area (Å²) in [7, 11) is 2.15. The van der Waals surface area contributed by atoms with E-state index in [0.717, 1.165) is 38.0 Å². The van der Waals surface area contributed by atoms with Crippen molar-refractivity contribution in [2.45, 2.75) is 39.7 Å². The van der Waals surface area contributed by atoms with Crippen molar-refractivity contribution < 1.29 is 4.74 Å². The third-order valence-electron chi connectivity index (χ3n) is 3.71. The maximum atomic E-state index is 5.56. The van der Waals surface area contributed by atoms with Crippen LogP contribution in [0.15, 0.2) is 0 Å². The normalized spacial score (nSPS) is 19.2. The molecule has 1 fully saturated rings. The Morgan fingerprint density at radius 3 is 3.05 bits per heavy atom. The Bertz CT molecular complexity index is 402. The molecule has 2 rings (SSSR count). The van der Waals surface area contributed by atoms with Crippen molar-refractivity contribution in [3.05, 3.63) is 10.6 Å². The monoisotopic (exact) mass is 297 g/mol. The van der Waals surface area contributed by atoms with Crippen LogP contribution in [0.25, 0.3) is 0 Å². The molecule has 5 heteroatoms. The molecule has 1 unspecified atom stereocenters. The van der Waals surface area contributed by atoms with Crippen LogP contribution in [0.5, 0.6) is 0 Å². The van der Waals surface area contributed by atoms with Gasteiger partial charge in [0.1, 0.15) is 0 Å². The first kappa shape index (κ1) is 15.7. The summed E-state index contributed by atoms with van der Waals surface area (Å²) < 4.78 is 5.56. The second-order valence-corrected chi connectivity index (χ2v) is 6.71. The average Bonchev–Trinajstić information content (AvgIpc) is 2.82. The molecule has 0 saturated carbocycles. The third-order valence-corrected chi connectivity index (χ3v) is 4.98. The molecule has 114 valence electrons. The molecule has 0 aromatic carbocycles. The van der Waals surface area contributed by atoms with Crippen LogP contribution in [0.2, 0.25) is 0 Å². The lowest BCUT2D eigenvalue weighted by atomic mass is 10.0. The number of rotatable bonds is 7. The molecule has 0 spiro atoms. The lowest BCUT2D eigenvalue weighted by molar-refractivity contribution is 0.0576. The molecular weight excluding hydrogens is 270 g/mol. The van der Waals surface area contributed by atoms with Gasteiger partial charge in [0.15, 0.2) is 5.13 Å². The predicted octanol–water partition coefficient (Wildman–Crippen LogP) is 2.81. The molecule has 0 radical (unpaired) electrons. The van der Waals surface area contributed by atoms with Gasteiger partial charge in [0.2, 0.25) is 0 Å². The molecule has 1 atom stereocenters. The fourth-order valence-corrected chi connectivity index (χ4v) is 3.54. The van der Waals surface area contributed by atoms with Gasteiger partial charge in [-0.25, -0.2) is 4.98 Å². The van der Waals surface area contributed by atoms with Gasteiger partial charge in [0.05, 0.1) is 12.3 Å². The topological polar surface area (TPSA) is 37.4 Å². The van der Waals surface area contributed by atoms with E-state index in [9.17, 15) is 0 Å². The summed E-state index contributed by atoms with van der Waals surface area (Å²) in [6.45, 7) is 9.20. The van der Waals surface area contributed by atoms with Gasteiger partial charge in [-0.15, -0.1) is 11.3 Å². The second-order valence-electron chi connectivity index (χ2n) is 5.65. The predicted molar refractivity (Wildman–Crippen MR) is 85.7 cm³/mol. The number of nitrogens with zero attached hydrogens (tertiary/aromatic N) is 2. The van der Waals surface area contributed by atoms with Crippen molar-refractivity contribution in [2.75, 3.05) is 38.3 Å². The minimum atomic E-state index is 0.652. The number of hydrogen-bond donors (Lipinski definition) is 1. The zero-order valence-electron chi connectivity index (χ0n) is 12.9. The Labute approximate surface area is 126 Å². The third kappa shape index (κ3) is 4.43. The molecule has 2 heterocycles. The van der Waals surface area contributed by atoms with Crippen LogP contribution in [-0.4, -0.2) is 38.3 Å². The van der Waals surface area contributed by atoms with E-state index in [1.54, 1.807) is 0 Å². The summed E-state index contributed by atoms with van der Waals surface area (Å²) >= 11 is 1.82. The highest BCUT2D eigenvalue weighted by atomic mass is 32.1. The standard InChI is InChI=1S/C15H27N3OS/c1-4-7-16-9-14-12(2)17-15(20-14)18(3)10-13-6-5-8-19-11-13/h13,16H,4-11H2,1-3H3. The van der Waals surface area contributed by atoms with Gasteiger partial charge >= 0.3 is 0 Å². The number of ether oxygens (including phenoxy) is 1. The Morgan fingerprint density at radius 1 is 1.50 bits per heavy atom. The summed E-state index contributed by atoms with van der Waals surface area (Å²) in [6.07, 6.45) is 3.65. The first-order valence-electron chi connectivity index (χ1n) is 7.66. The fourth-order valence-electron chi connectivity index (χ4n) is 2.54. The Hall–Kier alpha value is -0.650. The van der Waals surface area contributed by atoms with E-state index < -0.39 is 0 Å². The number of aryl methyl sites for hydroxylation is 1. The smallest absolute Gasteiger partial charge is 0.185 e. The van der Waals surface area contributed by atoms with Crippen LogP contribution < -0.4 is 10.2 Å². The Balaban J connectivity index is 1.88. The van der Waals surface area contributed by atoms with E-state index in [0.29, 0.717) is 5.92 Å². The molecule has 1 N–H and O–H groups in total. The van der Waals surface area contributed by atoms with Gasteiger partial charge < -0.3 is 15.0 Å². The SMILES string of the molecule is CCCNCc1sc(N(C)CC2CCCOC2)nc1C. The number of thiazole rings is 1. The molecule has 0 bridgehead atoms. The maximum absolute atomic E-state index is 5.56. The van der Waals surface area contributed by atoms with Crippen molar-refractivity contribution in [1.29, 1.82) is 0 Å². The van der Waals surface area contributed by atoms with Gasteiger partial charge in [0.25, 0.3) is 0 Å². The van der Waals surface area contributed by atoms with E-state index in [1.807, 2.05) is 11.3 Å². The van der Waals surface area contributed by atoms with Crippen molar-refractivity contribution in [2.24, 2.45) is 5.92 Å². The van der Waals surface area contributed by atoms with Crippen LogP contribution in [0, 0.1) is 12.8 Å². The summed E-state index contributed by atoms with van der Waals surface area (Å²) in [5.74, 6) is 0.652. The summed E-state index contributed by atoms with van der Waals surface area (Å²) in [5.41, 5.74) is 1.17. The van der Waals surface area contributed by atoms with Gasteiger partial charge in [0, 0.05) is 31.6 Å². The molecule has 20 heavy (non-hydrogen) atoms. The van der Waals surface area contributed by atoms with Crippen molar-refractivity contribution >= 4 is 16.5 Å². The first-order chi connectivity index (χ1) is 9.70. The fraction of sp³-hybridized carbons (Fsp3) is 0.800. The summed E-state index contributed by atoms with van der Waals surface area (Å²) in [5, 5.41) is 4.60. The van der Waals surface area contributed by atoms with E-state index in [2.05, 4.69) is 31.1 Å². The van der Waals surface area contributed by atoms with Crippen LogP contribution in [-0.2, 0) is 11.3 Å². The number of nitrogens with one attached hydrogen (secondary N) is 1. The largest absolute Gasteiger partial charge is 0.381 e. The van der Waals surface area contributed by atoms with Crippen LogP contribution >= 0.6 is 11.3 Å². The highest BCUT2D eigenvalue weighted by molar-refractivity contribution is 7.15. The van der Waals surface area contributed by atoms with Gasteiger partial charge in [-0.2, -0.15) is 0 Å². The van der Waals surface area contributed by atoms with Gasteiger partial charge in [-0.1, -0.05) is 6.92 Å². The van der Waals surface area contributed by atoms with Gasteiger partial charge in [-0.05, 0) is 38.6 Å².